The lowest BCUT2D eigenvalue weighted by atomic mass is 9.95. The van der Waals surface area contributed by atoms with Crippen molar-refractivity contribution in [2.45, 2.75) is 32.8 Å². The van der Waals surface area contributed by atoms with Crippen molar-refractivity contribution < 1.29 is 19.1 Å². The summed E-state index contributed by atoms with van der Waals surface area (Å²) in [6.45, 7) is 4.90. The van der Waals surface area contributed by atoms with Gasteiger partial charge in [-0.25, -0.2) is 4.79 Å². The average Bonchev–Trinajstić information content (AvgIpc) is 2.48. The first-order valence-electron chi connectivity index (χ1n) is 6.97. The van der Waals surface area contributed by atoms with Gasteiger partial charge in [-0.2, -0.15) is 0 Å². The maximum atomic E-state index is 12.0. The summed E-state index contributed by atoms with van der Waals surface area (Å²) >= 11 is 0. The number of esters is 1. The Labute approximate surface area is 119 Å². The molecule has 2 rings (SSSR count). The maximum absolute atomic E-state index is 12.0. The SMILES string of the molecule is CC(=O)c1ccc(C(=O)O[C@@H](C)C2CCOCC2)cc1. The molecule has 4 nitrogen and oxygen atoms in total. The fourth-order valence-electron chi connectivity index (χ4n) is 2.36. The van der Waals surface area contributed by atoms with Crippen LogP contribution in [0.4, 0.5) is 0 Å². The van der Waals surface area contributed by atoms with Gasteiger partial charge < -0.3 is 9.47 Å². The highest BCUT2D eigenvalue weighted by molar-refractivity contribution is 5.96. The van der Waals surface area contributed by atoms with Crippen LogP contribution in [0, 0.1) is 5.92 Å². The predicted octanol–water partition coefficient (Wildman–Crippen LogP) is 2.86. The Kier molecular flexibility index (Phi) is 4.90. The van der Waals surface area contributed by atoms with E-state index in [2.05, 4.69) is 0 Å². The van der Waals surface area contributed by atoms with Crippen LogP contribution in [0.5, 0.6) is 0 Å². The zero-order valence-electron chi connectivity index (χ0n) is 11.9. The Morgan fingerprint density at radius 2 is 1.70 bits per heavy atom. The lowest BCUT2D eigenvalue weighted by molar-refractivity contribution is -0.0118. The summed E-state index contributed by atoms with van der Waals surface area (Å²) < 4.78 is 10.8. The van der Waals surface area contributed by atoms with Gasteiger partial charge in [0.25, 0.3) is 0 Å². The molecule has 0 aromatic heterocycles. The van der Waals surface area contributed by atoms with Crippen molar-refractivity contribution >= 4 is 11.8 Å². The number of carbonyl (C=O) groups is 2. The molecule has 0 bridgehead atoms. The van der Waals surface area contributed by atoms with E-state index in [0.29, 0.717) is 17.0 Å². The molecular weight excluding hydrogens is 256 g/mol. The second kappa shape index (κ2) is 6.66. The largest absolute Gasteiger partial charge is 0.459 e. The normalized spacial score (nSPS) is 17.5. The van der Waals surface area contributed by atoms with Crippen molar-refractivity contribution in [1.82, 2.24) is 0 Å². The summed E-state index contributed by atoms with van der Waals surface area (Å²) in [5.41, 5.74) is 1.08. The number of ether oxygens (including phenoxy) is 2. The monoisotopic (exact) mass is 276 g/mol. The van der Waals surface area contributed by atoms with Gasteiger partial charge in [0.15, 0.2) is 5.78 Å². The second-order valence-corrected chi connectivity index (χ2v) is 5.19. The Morgan fingerprint density at radius 1 is 1.15 bits per heavy atom. The average molecular weight is 276 g/mol. The van der Waals surface area contributed by atoms with Gasteiger partial charge in [-0.15, -0.1) is 0 Å². The summed E-state index contributed by atoms with van der Waals surface area (Å²) in [4.78, 5) is 23.2. The van der Waals surface area contributed by atoms with Crippen molar-refractivity contribution in [2.75, 3.05) is 13.2 Å². The molecule has 0 amide bonds. The molecule has 20 heavy (non-hydrogen) atoms. The molecule has 1 saturated heterocycles. The van der Waals surface area contributed by atoms with Crippen molar-refractivity contribution in [1.29, 1.82) is 0 Å². The summed E-state index contributed by atoms with van der Waals surface area (Å²) in [6.07, 6.45) is 1.74. The Morgan fingerprint density at radius 3 is 2.25 bits per heavy atom. The first-order chi connectivity index (χ1) is 9.58. The second-order valence-electron chi connectivity index (χ2n) is 5.19. The van der Waals surface area contributed by atoms with E-state index in [4.69, 9.17) is 9.47 Å². The highest BCUT2D eigenvalue weighted by Crippen LogP contribution is 2.21. The zero-order valence-corrected chi connectivity index (χ0v) is 11.9. The summed E-state index contributed by atoms with van der Waals surface area (Å²) in [6, 6.07) is 6.57. The first-order valence-corrected chi connectivity index (χ1v) is 6.97. The number of carbonyl (C=O) groups excluding carboxylic acids is 2. The zero-order chi connectivity index (χ0) is 14.5. The fourth-order valence-corrected chi connectivity index (χ4v) is 2.36. The van der Waals surface area contributed by atoms with Crippen LogP contribution in [0.3, 0.4) is 0 Å². The third kappa shape index (κ3) is 3.67. The van der Waals surface area contributed by atoms with E-state index in [1.54, 1.807) is 24.3 Å². The van der Waals surface area contributed by atoms with Gasteiger partial charge in [0.1, 0.15) is 6.10 Å². The minimum atomic E-state index is -0.334. The molecule has 1 aromatic carbocycles. The maximum Gasteiger partial charge on any atom is 0.338 e. The van der Waals surface area contributed by atoms with Crippen LogP contribution in [-0.2, 0) is 9.47 Å². The van der Waals surface area contributed by atoms with Gasteiger partial charge in [0, 0.05) is 24.7 Å². The molecular formula is C16H20O4. The first kappa shape index (κ1) is 14.7. The van der Waals surface area contributed by atoms with Crippen LogP contribution < -0.4 is 0 Å². The smallest absolute Gasteiger partial charge is 0.338 e. The number of rotatable bonds is 4. The van der Waals surface area contributed by atoms with Crippen LogP contribution >= 0.6 is 0 Å². The number of Topliss-reactive ketones (excluding diaryl/α,β-unsaturated/α-hetero) is 1. The minimum Gasteiger partial charge on any atom is -0.459 e. The van der Waals surface area contributed by atoms with Gasteiger partial charge in [-0.3, -0.25) is 4.79 Å². The van der Waals surface area contributed by atoms with E-state index < -0.39 is 0 Å². The van der Waals surface area contributed by atoms with Gasteiger partial charge >= 0.3 is 5.97 Å². The Balaban J connectivity index is 1.95. The van der Waals surface area contributed by atoms with Crippen LogP contribution in [0.2, 0.25) is 0 Å². The quantitative estimate of drug-likeness (QED) is 0.627. The van der Waals surface area contributed by atoms with Crippen LogP contribution in [0.1, 0.15) is 47.4 Å². The molecule has 1 aliphatic heterocycles. The molecule has 0 radical (unpaired) electrons. The topological polar surface area (TPSA) is 52.6 Å². The lowest BCUT2D eigenvalue weighted by Crippen LogP contribution is -2.29. The number of hydrogen-bond acceptors (Lipinski definition) is 4. The predicted molar refractivity (Wildman–Crippen MR) is 74.9 cm³/mol. The molecule has 0 N–H and O–H groups in total. The van der Waals surface area contributed by atoms with E-state index in [1.165, 1.54) is 6.92 Å². The minimum absolute atomic E-state index is 0.0134. The van der Waals surface area contributed by atoms with Crippen LogP contribution in [0.15, 0.2) is 24.3 Å². The molecule has 1 heterocycles. The fraction of sp³-hybridized carbons (Fsp3) is 0.500. The Bertz CT molecular complexity index is 472. The molecule has 0 saturated carbocycles. The molecule has 1 atom stereocenters. The number of benzene rings is 1. The molecule has 1 fully saturated rings. The van der Waals surface area contributed by atoms with Crippen molar-refractivity contribution in [3.63, 3.8) is 0 Å². The van der Waals surface area contributed by atoms with Crippen LogP contribution in [-0.4, -0.2) is 31.1 Å². The number of hydrogen-bond donors (Lipinski definition) is 0. The summed E-state index contributed by atoms with van der Waals surface area (Å²) in [5.74, 6) is 0.0174. The standard InChI is InChI=1S/C16H20O4/c1-11(17)13-3-5-15(6-4-13)16(18)20-12(2)14-7-9-19-10-8-14/h3-6,12,14H,7-10H2,1-2H3/t12-/m0/s1. The van der Waals surface area contributed by atoms with Gasteiger partial charge in [0.2, 0.25) is 0 Å². The Hall–Kier alpha value is -1.68. The molecule has 108 valence electrons. The lowest BCUT2D eigenvalue weighted by Gasteiger charge is -2.27. The van der Waals surface area contributed by atoms with Gasteiger partial charge in [0.05, 0.1) is 5.56 Å². The van der Waals surface area contributed by atoms with Crippen molar-refractivity contribution in [3.8, 4) is 0 Å². The summed E-state index contributed by atoms with van der Waals surface area (Å²) in [5, 5.41) is 0. The van der Waals surface area contributed by atoms with Crippen molar-refractivity contribution in [2.24, 2.45) is 5.92 Å². The third-order valence-corrected chi connectivity index (χ3v) is 3.75. The van der Waals surface area contributed by atoms with E-state index in [0.717, 1.165) is 26.1 Å². The highest BCUT2D eigenvalue weighted by atomic mass is 16.5. The van der Waals surface area contributed by atoms with Gasteiger partial charge in [-0.1, -0.05) is 12.1 Å². The van der Waals surface area contributed by atoms with E-state index in [1.807, 2.05) is 6.92 Å². The molecule has 0 unspecified atom stereocenters. The highest BCUT2D eigenvalue weighted by Gasteiger charge is 2.24. The molecule has 4 heteroatoms. The van der Waals surface area contributed by atoms with E-state index >= 15 is 0 Å². The molecule has 1 aromatic rings. The molecule has 1 aliphatic rings. The van der Waals surface area contributed by atoms with E-state index in [9.17, 15) is 9.59 Å². The third-order valence-electron chi connectivity index (χ3n) is 3.75. The number of ketones is 1. The molecule has 0 spiro atoms. The van der Waals surface area contributed by atoms with Crippen LogP contribution in [0.25, 0.3) is 0 Å². The van der Waals surface area contributed by atoms with Crippen molar-refractivity contribution in [3.05, 3.63) is 35.4 Å². The van der Waals surface area contributed by atoms with E-state index in [-0.39, 0.29) is 17.9 Å². The summed E-state index contributed by atoms with van der Waals surface area (Å²) in [7, 11) is 0. The molecule has 0 aliphatic carbocycles. The van der Waals surface area contributed by atoms with Gasteiger partial charge in [-0.05, 0) is 38.8 Å².